The maximum absolute atomic E-state index is 12.8. The number of hydrogen-bond donors (Lipinski definition) is 1. The average Bonchev–Trinajstić information content (AvgIpc) is 3.17. The van der Waals surface area contributed by atoms with Crippen LogP contribution in [-0.2, 0) is 6.54 Å². The maximum Gasteiger partial charge on any atom is 0.251 e. The Kier molecular flexibility index (Phi) is 4.77. The van der Waals surface area contributed by atoms with Crippen molar-refractivity contribution in [3.63, 3.8) is 0 Å². The first-order valence-corrected chi connectivity index (χ1v) is 10.7. The van der Waals surface area contributed by atoms with Gasteiger partial charge in [0.1, 0.15) is 5.52 Å². The van der Waals surface area contributed by atoms with E-state index in [4.69, 9.17) is 0 Å². The van der Waals surface area contributed by atoms with Crippen molar-refractivity contribution in [3.8, 4) is 0 Å². The van der Waals surface area contributed by atoms with Gasteiger partial charge in [-0.2, -0.15) is 0 Å². The summed E-state index contributed by atoms with van der Waals surface area (Å²) >= 11 is 1.85. The molecule has 0 radical (unpaired) electrons. The lowest BCUT2D eigenvalue weighted by atomic mass is 10.0. The lowest BCUT2D eigenvalue weighted by molar-refractivity contribution is 0.0935. The molecule has 6 heteroatoms. The molecule has 0 spiro atoms. The number of carbonyl (C=O) groups excluding carboxylic acids is 1. The van der Waals surface area contributed by atoms with Gasteiger partial charge in [-0.25, -0.2) is 4.68 Å². The molecule has 0 saturated carbocycles. The van der Waals surface area contributed by atoms with Gasteiger partial charge in [0.2, 0.25) is 0 Å². The second-order valence-electron chi connectivity index (χ2n) is 7.13. The lowest BCUT2D eigenvalue weighted by Crippen LogP contribution is -2.30. The Balaban J connectivity index is 1.30. The minimum Gasteiger partial charge on any atom is -0.345 e. The molecule has 4 aromatic rings. The highest BCUT2D eigenvalue weighted by atomic mass is 32.2. The molecule has 5 rings (SSSR count). The molecule has 29 heavy (non-hydrogen) atoms. The summed E-state index contributed by atoms with van der Waals surface area (Å²) in [6.07, 6.45) is 0.949. The van der Waals surface area contributed by atoms with Crippen LogP contribution in [0.3, 0.4) is 0 Å². The zero-order valence-electron chi connectivity index (χ0n) is 15.8. The minimum atomic E-state index is -0.0329. The van der Waals surface area contributed by atoms with Crippen LogP contribution < -0.4 is 5.32 Å². The number of fused-ring (bicyclic) bond motifs is 2. The molecule has 0 saturated heterocycles. The van der Waals surface area contributed by atoms with Crippen molar-refractivity contribution in [3.05, 3.63) is 89.5 Å². The van der Waals surface area contributed by atoms with Crippen molar-refractivity contribution in [2.75, 3.05) is 5.75 Å². The Morgan fingerprint density at radius 1 is 1.03 bits per heavy atom. The average molecular weight is 401 g/mol. The zero-order chi connectivity index (χ0) is 19.6. The second-order valence-corrected chi connectivity index (χ2v) is 8.27. The van der Waals surface area contributed by atoms with Crippen LogP contribution in [0.25, 0.3) is 11.0 Å². The summed E-state index contributed by atoms with van der Waals surface area (Å²) in [4.78, 5) is 14.0. The fourth-order valence-electron chi connectivity index (χ4n) is 3.70. The Morgan fingerprint density at radius 3 is 2.72 bits per heavy atom. The van der Waals surface area contributed by atoms with E-state index in [2.05, 4.69) is 27.8 Å². The number of para-hydroxylation sites is 1. The Morgan fingerprint density at radius 2 is 1.83 bits per heavy atom. The van der Waals surface area contributed by atoms with Gasteiger partial charge in [-0.1, -0.05) is 47.7 Å². The van der Waals surface area contributed by atoms with E-state index in [1.54, 1.807) is 0 Å². The summed E-state index contributed by atoms with van der Waals surface area (Å²) in [7, 11) is 0. The summed E-state index contributed by atoms with van der Waals surface area (Å²) in [6, 6.07) is 24.0. The third-order valence-corrected chi connectivity index (χ3v) is 6.36. The number of nitrogens with one attached hydrogen (secondary N) is 1. The van der Waals surface area contributed by atoms with Crippen LogP contribution in [0.5, 0.6) is 0 Å². The van der Waals surface area contributed by atoms with Crippen molar-refractivity contribution in [2.24, 2.45) is 0 Å². The predicted molar refractivity (Wildman–Crippen MR) is 115 cm³/mol. The molecule has 0 aliphatic carbocycles. The standard InChI is InChI=1S/C23H20N4OS/c28-23(24-19-13-14-29-22-8-4-1-5-18(19)22)17-11-9-16(10-12-17)15-27-21-7-3-2-6-20(21)25-26-27/h1-12,19H,13-15H2,(H,24,28)/t19-/m0/s1. The smallest absolute Gasteiger partial charge is 0.251 e. The summed E-state index contributed by atoms with van der Waals surface area (Å²) in [5, 5.41) is 11.6. The Hall–Kier alpha value is -3.12. The molecule has 0 unspecified atom stereocenters. The molecule has 1 N–H and O–H groups in total. The van der Waals surface area contributed by atoms with Crippen LogP contribution in [0.4, 0.5) is 0 Å². The van der Waals surface area contributed by atoms with E-state index >= 15 is 0 Å². The van der Waals surface area contributed by atoms with Crippen molar-refractivity contribution in [2.45, 2.75) is 23.9 Å². The van der Waals surface area contributed by atoms with Crippen molar-refractivity contribution >= 4 is 28.7 Å². The number of carbonyl (C=O) groups is 1. The van der Waals surface area contributed by atoms with E-state index in [0.717, 1.165) is 28.8 Å². The van der Waals surface area contributed by atoms with E-state index in [9.17, 15) is 4.79 Å². The zero-order valence-corrected chi connectivity index (χ0v) is 16.6. The van der Waals surface area contributed by atoms with Gasteiger partial charge in [0, 0.05) is 16.2 Å². The van der Waals surface area contributed by atoms with E-state index in [1.807, 2.05) is 77.1 Å². The van der Waals surface area contributed by atoms with Gasteiger partial charge in [-0.15, -0.1) is 16.9 Å². The van der Waals surface area contributed by atoms with Gasteiger partial charge in [0.05, 0.1) is 18.1 Å². The number of nitrogens with zero attached hydrogens (tertiary/aromatic N) is 3. The molecule has 2 heterocycles. The molecule has 5 nitrogen and oxygen atoms in total. The Labute approximate surface area is 173 Å². The molecule has 1 aliphatic rings. The molecule has 1 atom stereocenters. The fourth-order valence-corrected chi connectivity index (χ4v) is 4.83. The lowest BCUT2D eigenvalue weighted by Gasteiger charge is -2.25. The number of hydrogen-bond acceptors (Lipinski definition) is 4. The molecule has 0 fully saturated rings. The van der Waals surface area contributed by atoms with E-state index in [1.165, 1.54) is 10.5 Å². The van der Waals surface area contributed by atoms with E-state index in [-0.39, 0.29) is 11.9 Å². The Bertz CT molecular complexity index is 1170. The van der Waals surface area contributed by atoms with Crippen LogP contribution in [0.15, 0.2) is 77.7 Å². The van der Waals surface area contributed by atoms with Crippen molar-refractivity contribution in [1.29, 1.82) is 0 Å². The quantitative estimate of drug-likeness (QED) is 0.550. The molecule has 0 bridgehead atoms. The largest absolute Gasteiger partial charge is 0.345 e. The highest BCUT2D eigenvalue weighted by Gasteiger charge is 2.22. The highest BCUT2D eigenvalue weighted by Crippen LogP contribution is 2.35. The van der Waals surface area contributed by atoms with Crippen molar-refractivity contribution in [1.82, 2.24) is 20.3 Å². The third-order valence-electron chi connectivity index (χ3n) is 5.23. The van der Waals surface area contributed by atoms with E-state index in [0.29, 0.717) is 12.1 Å². The molecule has 1 aliphatic heterocycles. The second kappa shape index (κ2) is 7.72. The third kappa shape index (κ3) is 3.63. The minimum absolute atomic E-state index is 0.0329. The first-order valence-electron chi connectivity index (χ1n) is 9.68. The number of aromatic nitrogens is 3. The number of benzene rings is 3. The SMILES string of the molecule is O=C(N[C@H]1CCSc2ccccc21)c1ccc(Cn2nnc3ccccc32)cc1. The maximum atomic E-state index is 12.8. The van der Waals surface area contributed by atoms with Crippen LogP contribution in [0, 0.1) is 0 Å². The topological polar surface area (TPSA) is 59.8 Å². The molecular formula is C23H20N4OS. The van der Waals surface area contributed by atoms with Gasteiger partial charge in [-0.05, 0) is 47.9 Å². The first kappa shape index (κ1) is 17.9. The van der Waals surface area contributed by atoms with Crippen LogP contribution in [-0.4, -0.2) is 26.7 Å². The van der Waals surface area contributed by atoms with Gasteiger partial charge >= 0.3 is 0 Å². The summed E-state index contributed by atoms with van der Waals surface area (Å²) in [5.74, 6) is 0.988. The van der Waals surface area contributed by atoms with Crippen LogP contribution >= 0.6 is 11.8 Å². The first-order chi connectivity index (χ1) is 14.3. The molecule has 1 aromatic heterocycles. The molecule has 144 valence electrons. The summed E-state index contributed by atoms with van der Waals surface area (Å²) < 4.78 is 1.88. The van der Waals surface area contributed by atoms with E-state index < -0.39 is 0 Å². The monoisotopic (exact) mass is 400 g/mol. The van der Waals surface area contributed by atoms with Gasteiger partial charge in [0.25, 0.3) is 5.91 Å². The normalized spacial score (nSPS) is 15.8. The molecule has 3 aromatic carbocycles. The number of thioether (sulfide) groups is 1. The van der Waals surface area contributed by atoms with Crippen LogP contribution in [0.1, 0.15) is 33.9 Å². The summed E-state index contributed by atoms with van der Waals surface area (Å²) in [6.45, 7) is 0.621. The van der Waals surface area contributed by atoms with Gasteiger partial charge < -0.3 is 5.32 Å². The number of rotatable bonds is 4. The molecular weight excluding hydrogens is 380 g/mol. The van der Waals surface area contributed by atoms with Gasteiger partial charge in [-0.3, -0.25) is 4.79 Å². The number of amides is 1. The molecule has 1 amide bonds. The summed E-state index contributed by atoms with van der Waals surface area (Å²) in [5.41, 5.74) is 4.86. The predicted octanol–water partition coefficient (Wildman–Crippen LogP) is 4.45. The highest BCUT2D eigenvalue weighted by molar-refractivity contribution is 7.99. The van der Waals surface area contributed by atoms with Crippen LogP contribution in [0.2, 0.25) is 0 Å². The van der Waals surface area contributed by atoms with Crippen molar-refractivity contribution < 1.29 is 4.79 Å². The fraction of sp³-hybridized carbons (Fsp3) is 0.174. The van der Waals surface area contributed by atoms with Gasteiger partial charge in [0.15, 0.2) is 0 Å².